The first-order chi connectivity index (χ1) is 20.4. The average Bonchev–Trinajstić information content (AvgIpc) is 3.53. The van der Waals surface area contributed by atoms with Gasteiger partial charge >= 0.3 is 40.9 Å². The Kier molecular flexibility index (Phi) is 20.7. The van der Waals surface area contributed by atoms with Gasteiger partial charge in [-0.2, -0.15) is 0 Å². The van der Waals surface area contributed by atoms with Gasteiger partial charge < -0.3 is 62.6 Å². The Morgan fingerprint density at radius 3 is 0.851 bits per heavy atom. The normalized spacial score (nSPS) is 8.89. The Balaban J connectivity index is -0.000000566. The van der Waals surface area contributed by atoms with E-state index in [2.05, 4.69) is 20.4 Å². The molecule has 0 saturated carbocycles. The Labute approximate surface area is 281 Å². The molecule has 20 nitrogen and oxygen atoms in total. The first-order valence-electron chi connectivity index (χ1n) is 11.2. The van der Waals surface area contributed by atoms with Crippen LogP contribution in [0.15, 0.2) is 36.4 Å². The van der Waals surface area contributed by atoms with Gasteiger partial charge in [0.2, 0.25) is 10.3 Å². The number of rotatable bonds is 6. The van der Waals surface area contributed by atoms with Crippen LogP contribution in [-0.4, -0.2) is 87.6 Å². The number of aryl methyl sites for hydroxylation is 2. The van der Waals surface area contributed by atoms with Gasteiger partial charge in [0.25, 0.3) is 0 Å². The predicted octanol–water partition coefficient (Wildman–Crippen LogP) is -1.90. The largest absolute Gasteiger partial charge is 2.00 e. The van der Waals surface area contributed by atoms with Crippen molar-refractivity contribution in [2.24, 2.45) is 0 Å². The predicted molar refractivity (Wildman–Crippen MR) is 155 cm³/mol. The summed E-state index contributed by atoms with van der Waals surface area (Å²) in [5, 5.41) is 72.6. The fourth-order valence-corrected chi connectivity index (χ4v) is 3.54. The Morgan fingerprint density at radius 1 is 0.532 bits per heavy atom. The number of carboxylic acids is 6. The molecule has 4 aromatic rings. The SMILES string of the molecule is Cc1nnc(N)s1.Cc1nnc(N)s1.O.O.O=C([O-])c1cc(C(=O)O)cc(C(=O)O)c1.O=C([O-])c1cc(C(=O)O)cc(C(=O)O)c1.[Cu+2]. The van der Waals surface area contributed by atoms with E-state index in [0.717, 1.165) is 46.4 Å². The van der Waals surface area contributed by atoms with Gasteiger partial charge in [-0.25, -0.2) is 19.2 Å². The van der Waals surface area contributed by atoms with E-state index >= 15 is 0 Å². The van der Waals surface area contributed by atoms with E-state index in [4.69, 9.17) is 31.9 Å². The standard InChI is InChI=1S/2C9H6O6.2C3H5N3S.Cu.2H2O/c2*10-7(11)4-1-5(8(12)13)3-6(2-4)9(14)15;2*1-2-5-6-3(4)7-2;;;/h2*1-3H,(H,10,11)(H,12,13)(H,14,15);2*1H3,(H2,4,6);;2*1H2/q;;;;+2;;/p-2. The first kappa shape index (κ1) is 45.8. The summed E-state index contributed by atoms with van der Waals surface area (Å²) in [6.45, 7) is 3.74. The second-order valence-electron chi connectivity index (χ2n) is 7.71. The summed E-state index contributed by atoms with van der Waals surface area (Å²) < 4.78 is 0. The average molecular weight is 748 g/mol. The molecule has 47 heavy (non-hydrogen) atoms. The summed E-state index contributed by atoms with van der Waals surface area (Å²) in [6.07, 6.45) is 0. The Hall–Kier alpha value is -5.58. The van der Waals surface area contributed by atoms with Crippen LogP contribution in [0.5, 0.6) is 0 Å². The van der Waals surface area contributed by atoms with Gasteiger partial charge in [-0.3, -0.25) is 0 Å². The van der Waals surface area contributed by atoms with E-state index in [9.17, 15) is 39.0 Å². The monoisotopic (exact) mass is 747 g/mol. The molecule has 2 heterocycles. The molecule has 0 aliphatic carbocycles. The van der Waals surface area contributed by atoms with Crippen LogP contribution in [0.3, 0.4) is 0 Å². The number of carbonyl (C=O) groups excluding carboxylic acids is 2. The van der Waals surface area contributed by atoms with Crippen LogP contribution >= 0.6 is 22.7 Å². The van der Waals surface area contributed by atoms with Crippen LogP contribution in [0.1, 0.15) is 72.2 Å². The van der Waals surface area contributed by atoms with Crippen molar-refractivity contribution in [3.63, 3.8) is 0 Å². The number of aromatic carboxylic acids is 6. The fourth-order valence-electron chi connectivity index (χ4n) is 2.61. The third-order valence-corrected chi connectivity index (χ3v) is 5.74. The van der Waals surface area contributed by atoms with E-state index in [1.807, 2.05) is 13.8 Å². The number of aromatic nitrogens is 4. The number of benzene rings is 2. The van der Waals surface area contributed by atoms with E-state index in [-0.39, 0.29) is 28.0 Å². The first-order valence-corrected chi connectivity index (χ1v) is 12.8. The molecule has 0 atom stereocenters. The van der Waals surface area contributed by atoms with Gasteiger partial charge in [-0.05, 0) is 61.4 Å². The molecule has 2 aromatic carbocycles. The molecular weight excluding hydrogens is 724 g/mol. The third kappa shape index (κ3) is 16.3. The summed E-state index contributed by atoms with van der Waals surface area (Å²) in [5.41, 5.74) is 7.86. The van der Waals surface area contributed by atoms with Crippen LogP contribution in [0, 0.1) is 13.8 Å². The number of anilines is 2. The minimum absolute atomic E-state index is 0. The minimum Gasteiger partial charge on any atom is -0.545 e. The summed E-state index contributed by atoms with van der Waals surface area (Å²) >= 11 is 2.80. The number of nitrogens with zero attached hydrogens (tertiary/aromatic N) is 4. The van der Waals surface area contributed by atoms with Crippen LogP contribution in [-0.2, 0) is 17.1 Å². The smallest absolute Gasteiger partial charge is 0.545 e. The van der Waals surface area contributed by atoms with Crippen molar-refractivity contribution in [3.05, 3.63) is 79.8 Å². The second kappa shape index (κ2) is 21.2. The van der Waals surface area contributed by atoms with Crippen molar-refractivity contribution in [3.8, 4) is 0 Å². The summed E-state index contributed by atoms with van der Waals surface area (Å²) in [7, 11) is 0. The van der Waals surface area contributed by atoms with Crippen molar-refractivity contribution in [1.29, 1.82) is 0 Å². The molecule has 0 fully saturated rings. The van der Waals surface area contributed by atoms with Crippen molar-refractivity contribution in [1.82, 2.24) is 20.4 Å². The zero-order valence-corrected chi connectivity index (χ0v) is 26.2. The topological polar surface area (TPSA) is 396 Å². The van der Waals surface area contributed by atoms with Crippen LogP contribution in [0.2, 0.25) is 0 Å². The van der Waals surface area contributed by atoms with Crippen molar-refractivity contribution >= 4 is 68.8 Å². The maximum atomic E-state index is 10.5. The van der Waals surface area contributed by atoms with Crippen LogP contribution in [0.25, 0.3) is 0 Å². The third-order valence-electron chi connectivity index (χ3n) is 4.41. The Bertz CT molecular complexity index is 1400. The van der Waals surface area contributed by atoms with Gasteiger partial charge in [0.05, 0.1) is 34.2 Å². The molecular formula is C24H24CuN6O14S2. The molecule has 0 aliphatic heterocycles. The molecule has 23 heteroatoms. The molecule has 0 aliphatic rings. The van der Waals surface area contributed by atoms with Gasteiger partial charge in [0.15, 0.2) is 0 Å². The number of nitrogens with two attached hydrogens (primary N) is 2. The van der Waals surface area contributed by atoms with Crippen molar-refractivity contribution in [2.75, 3.05) is 11.5 Å². The van der Waals surface area contributed by atoms with E-state index in [0.29, 0.717) is 10.3 Å². The Morgan fingerprint density at radius 2 is 0.745 bits per heavy atom. The molecule has 1 radical (unpaired) electrons. The fraction of sp³-hybridized carbons (Fsp3) is 0.0833. The zero-order valence-electron chi connectivity index (χ0n) is 23.6. The van der Waals surface area contributed by atoms with Crippen molar-refractivity contribution in [2.45, 2.75) is 13.8 Å². The van der Waals surface area contributed by atoms with Gasteiger partial charge in [0, 0.05) is 0 Å². The summed E-state index contributed by atoms with van der Waals surface area (Å²) in [5.74, 6) is -8.86. The maximum Gasteiger partial charge on any atom is 2.00 e. The molecule has 0 spiro atoms. The minimum atomic E-state index is -1.62. The van der Waals surface area contributed by atoms with E-state index in [1.165, 1.54) is 22.7 Å². The van der Waals surface area contributed by atoms with Gasteiger partial charge in [-0.15, -0.1) is 20.4 Å². The molecule has 0 bridgehead atoms. The molecule has 2 aromatic heterocycles. The number of carbonyl (C=O) groups is 6. The van der Waals surface area contributed by atoms with Crippen LogP contribution < -0.4 is 21.7 Å². The van der Waals surface area contributed by atoms with Gasteiger partial charge in [0.1, 0.15) is 10.0 Å². The van der Waals surface area contributed by atoms with Gasteiger partial charge in [-0.1, -0.05) is 22.7 Å². The zero-order chi connectivity index (χ0) is 33.7. The molecule has 0 amide bonds. The summed E-state index contributed by atoms with van der Waals surface area (Å²) in [4.78, 5) is 63.1. The number of carboxylic acid groups (broad SMARTS) is 6. The molecule has 0 saturated heterocycles. The van der Waals surface area contributed by atoms with Crippen molar-refractivity contribution < 1.29 is 87.4 Å². The number of hydrogen-bond acceptors (Lipinski definition) is 16. The molecule has 12 N–H and O–H groups in total. The number of hydrogen-bond donors (Lipinski definition) is 6. The van der Waals surface area contributed by atoms with Crippen LogP contribution in [0.4, 0.5) is 10.3 Å². The summed E-state index contributed by atoms with van der Waals surface area (Å²) in [6, 6.07) is 5.09. The quantitative estimate of drug-likeness (QED) is 0.117. The molecule has 0 unspecified atom stereocenters. The maximum absolute atomic E-state index is 10.5. The van der Waals surface area contributed by atoms with E-state index < -0.39 is 69.2 Å². The number of nitrogen functional groups attached to an aromatic ring is 2. The van der Waals surface area contributed by atoms with E-state index in [1.54, 1.807) is 0 Å². The molecule has 257 valence electrons. The molecule has 4 rings (SSSR count). The second-order valence-corrected chi connectivity index (χ2v) is 10.1.